The van der Waals surface area contributed by atoms with E-state index in [0.29, 0.717) is 33.8 Å². The predicted molar refractivity (Wildman–Crippen MR) is 170 cm³/mol. The van der Waals surface area contributed by atoms with Gasteiger partial charge in [0.1, 0.15) is 11.7 Å². The van der Waals surface area contributed by atoms with Crippen molar-refractivity contribution in [1.29, 1.82) is 0 Å². The Morgan fingerprint density at radius 1 is 0.950 bits per heavy atom. The van der Waals surface area contributed by atoms with E-state index in [4.69, 9.17) is 5.73 Å². The second-order valence-electron chi connectivity index (χ2n) is 8.17. The number of carbonyl (C=O) groups excluding carboxylic acids is 2. The van der Waals surface area contributed by atoms with Crippen molar-refractivity contribution in [3.05, 3.63) is 125 Å². The highest BCUT2D eigenvalue weighted by Gasteiger charge is 2.11. The van der Waals surface area contributed by atoms with Crippen molar-refractivity contribution in [2.75, 3.05) is 5.32 Å². The number of hydrogen-bond donors (Lipinski definition) is 2. The second-order valence-corrected chi connectivity index (χ2v) is 8.17. The minimum atomic E-state index is -0.251. The van der Waals surface area contributed by atoms with Crippen LogP contribution in [0.5, 0.6) is 0 Å². The number of amidine groups is 1. The topological polar surface area (TPSA) is 97.4 Å². The number of ketones is 1. The Kier molecular flexibility index (Phi) is 14.9. The highest BCUT2D eigenvalue weighted by Crippen LogP contribution is 2.22. The van der Waals surface area contributed by atoms with Gasteiger partial charge in [-0.3, -0.25) is 9.59 Å². The lowest BCUT2D eigenvalue weighted by Crippen LogP contribution is -2.14. The molecule has 1 heterocycles. The normalized spacial score (nSPS) is 10.8. The van der Waals surface area contributed by atoms with Crippen LogP contribution in [0.3, 0.4) is 0 Å². The first-order chi connectivity index (χ1) is 19.3. The summed E-state index contributed by atoms with van der Waals surface area (Å²) in [5.41, 5.74) is 10.9. The van der Waals surface area contributed by atoms with Gasteiger partial charge in [0, 0.05) is 34.5 Å². The Hall–Kier alpha value is -4.58. The molecule has 3 N–H and O–H groups in total. The van der Waals surface area contributed by atoms with Crippen LogP contribution in [0, 0.1) is 6.92 Å². The molecule has 3 aromatic rings. The van der Waals surface area contributed by atoms with Crippen molar-refractivity contribution >= 4 is 29.0 Å². The lowest BCUT2D eigenvalue weighted by Gasteiger charge is -2.09. The maximum Gasteiger partial charge on any atom is 0.256 e. The smallest absolute Gasteiger partial charge is 0.256 e. The summed E-state index contributed by atoms with van der Waals surface area (Å²) in [6.07, 6.45) is 9.70. The quantitative estimate of drug-likeness (QED) is 0.0944. The fourth-order valence-electron chi connectivity index (χ4n) is 3.31. The third-order valence-electron chi connectivity index (χ3n) is 5.52. The number of Topliss-reactive ketones (excluding diaryl/α,β-unsaturated/α-hetero) is 1. The van der Waals surface area contributed by atoms with Crippen molar-refractivity contribution in [2.24, 2.45) is 10.7 Å². The van der Waals surface area contributed by atoms with E-state index in [1.54, 1.807) is 60.8 Å². The second kappa shape index (κ2) is 17.8. The van der Waals surface area contributed by atoms with E-state index < -0.39 is 0 Å². The molecular formula is C34H42N4O2. The number of carbonyl (C=O) groups is 2. The van der Waals surface area contributed by atoms with Gasteiger partial charge in [-0.25, -0.2) is 9.98 Å². The monoisotopic (exact) mass is 538 g/mol. The summed E-state index contributed by atoms with van der Waals surface area (Å²) >= 11 is 0. The average Bonchev–Trinajstić information content (AvgIpc) is 3.00. The third-order valence-corrected chi connectivity index (χ3v) is 5.52. The van der Waals surface area contributed by atoms with E-state index in [9.17, 15) is 9.59 Å². The minimum Gasteiger partial charge on any atom is -0.383 e. The molecule has 40 heavy (non-hydrogen) atoms. The summed E-state index contributed by atoms with van der Waals surface area (Å²) in [6.45, 7) is 17.7. The number of aliphatic imine (C=N–C) groups is 1. The molecule has 0 aliphatic heterocycles. The number of nitrogens with one attached hydrogen (secondary N) is 1. The highest BCUT2D eigenvalue weighted by molar-refractivity contribution is 6.10. The van der Waals surface area contributed by atoms with Gasteiger partial charge in [-0.1, -0.05) is 102 Å². The lowest BCUT2D eigenvalue weighted by atomic mass is 10.0. The van der Waals surface area contributed by atoms with Crippen LogP contribution in [0.25, 0.3) is 0 Å². The van der Waals surface area contributed by atoms with Gasteiger partial charge >= 0.3 is 0 Å². The Bertz CT molecular complexity index is 1350. The molecular weight excluding hydrogens is 496 g/mol. The van der Waals surface area contributed by atoms with Gasteiger partial charge in [-0.2, -0.15) is 0 Å². The molecule has 210 valence electrons. The summed E-state index contributed by atoms with van der Waals surface area (Å²) in [6, 6.07) is 16.0. The van der Waals surface area contributed by atoms with Crippen molar-refractivity contribution < 1.29 is 9.59 Å². The molecule has 0 aliphatic rings. The number of aryl methyl sites for hydroxylation is 2. The number of anilines is 1. The number of amides is 1. The summed E-state index contributed by atoms with van der Waals surface area (Å²) in [5.74, 6) is 0.247. The largest absolute Gasteiger partial charge is 0.383 e. The van der Waals surface area contributed by atoms with E-state index in [1.165, 1.54) is 0 Å². The molecule has 0 atom stereocenters. The molecule has 0 saturated carbocycles. The lowest BCUT2D eigenvalue weighted by molar-refractivity contribution is 0.102. The molecule has 0 unspecified atom stereocenters. The molecule has 0 radical (unpaired) electrons. The Balaban J connectivity index is 0.00000191. The number of nitrogens with zero attached hydrogens (tertiary/aromatic N) is 2. The van der Waals surface area contributed by atoms with Crippen LogP contribution in [-0.4, -0.2) is 22.5 Å². The van der Waals surface area contributed by atoms with Crippen molar-refractivity contribution in [3.63, 3.8) is 0 Å². The molecule has 6 heteroatoms. The number of rotatable bonds is 9. The van der Waals surface area contributed by atoms with Crippen molar-refractivity contribution in [1.82, 2.24) is 4.98 Å². The number of nitrogens with two attached hydrogens (primary N) is 1. The van der Waals surface area contributed by atoms with Gasteiger partial charge in [0.15, 0.2) is 5.78 Å². The average molecular weight is 539 g/mol. The summed E-state index contributed by atoms with van der Waals surface area (Å²) < 4.78 is 0. The number of benzene rings is 2. The Morgan fingerprint density at radius 3 is 2.10 bits per heavy atom. The van der Waals surface area contributed by atoms with E-state index in [0.717, 1.165) is 17.5 Å². The standard InChI is InChI=1S/C30H30N4O2.2C2H6/c1-5-7-8-9-20(3)28(35)23-14-16-24(17-15-23)29(31)33-26-18-27(32-19-21(26)4)34-30(36)25-12-10-22(6-2)11-13-25;2*1-2/h5,7-19H,3,6H2,1-2,4H3,(H3,31,32,33,34,36);2*1-2H3/b7-5-,9-8-;;. The van der Waals surface area contributed by atoms with Crippen LogP contribution >= 0.6 is 0 Å². The zero-order chi connectivity index (χ0) is 30.1. The highest BCUT2D eigenvalue weighted by atomic mass is 16.1. The minimum absolute atomic E-state index is 0.160. The molecule has 0 spiro atoms. The van der Waals surface area contributed by atoms with E-state index in [2.05, 4.69) is 28.8 Å². The first kappa shape index (κ1) is 33.4. The summed E-state index contributed by atoms with van der Waals surface area (Å²) in [5, 5.41) is 2.81. The van der Waals surface area contributed by atoms with Gasteiger partial charge in [0.25, 0.3) is 5.91 Å². The van der Waals surface area contributed by atoms with E-state index >= 15 is 0 Å². The van der Waals surface area contributed by atoms with Gasteiger partial charge in [0.05, 0.1) is 5.69 Å². The Morgan fingerprint density at radius 2 is 1.52 bits per heavy atom. The number of pyridine rings is 1. The van der Waals surface area contributed by atoms with Gasteiger partial charge < -0.3 is 11.1 Å². The number of aromatic nitrogens is 1. The third kappa shape index (κ3) is 9.95. The first-order valence-corrected chi connectivity index (χ1v) is 13.7. The zero-order valence-electron chi connectivity index (χ0n) is 24.8. The van der Waals surface area contributed by atoms with E-state index in [-0.39, 0.29) is 17.5 Å². The zero-order valence-corrected chi connectivity index (χ0v) is 24.8. The fraction of sp³-hybridized carbons (Fsp3) is 0.235. The Labute approximate surface area is 239 Å². The molecule has 0 aliphatic carbocycles. The first-order valence-electron chi connectivity index (χ1n) is 13.7. The molecule has 0 bridgehead atoms. The number of allylic oxidation sites excluding steroid dienone is 5. The summed E-state index contributed by atoms with van der Waals surface area (Å²) in [7, 11) is 0. The van der Waals surface area contributed by atoms with Crippen LogP contribution in [0.4, 0.5) is 11.5 Å². The van der Waals surface area contributed by atoms with Crippen LogP contribution in [0.2, 0.25) is 0 Å². The summed E-state index contributed by atoms with van der Waals surface area (Å²) in [4.78, 5) is 34.0. The van der Waals surface area contributed by atoms with Crippen LogP contribution in [0.1, 0.15) is 78.9 Å². The molecule has 0 saturated heterocycles. The molecule has 0 fully saturated rings. The van der Waals surface area contributed by atoms with Crippen molar-refractivity contribution in [2.45, 2.75) is 54.9 Å². The van der Waals surface area contributed by atoms with Gasteiger partial charge in [-0.05, 0) is 43.5 Å². The molecule has 2 aromatic carbocycles. The molecule has 1 amide bonds. The molecule has 1 aromatic heterocycles. The maximum absolute atomic E-state index is 12.6. The fourth-order valence-corrected chi connectivity index (χ4v) is 3.31. The SMILES string of the molecule is C=C(/C=C\C=C/C)C(=O)c1ccc(C(N)=Nc2cc(NC(=O)c3ccc(CC)cc3)ncc2C)cc1.CC.CC. The van der Waals surface area contributed by atoms with Gasteiger partial charge in [0.2, 0.25) is 0 Å². The van der Waals surface area contributed by atoms with Crippen molar-refractivity contribution in [3.8, 4) is 0 Å². The molecule has 3 rings (SSSR count). The maximum atomic E-state index is 12.6. The van der Waals surface area contributed by atoms with Gasteiger partial charge in [-0.15, -0.1) is 0 Å². The van der Waals surface area contributed by atoms with Crippen LogP contribution in [0.15, 0.2) is 102 Å². The predicted octanol–water partition coefficient (Wildman–Crippen LogP) is 8.17. The number of hydrogen-bond acceptors (Lipinski definition) is 4. The van der Waals surface area contributed by atoms with Crippen LogP contribution < -0.4 is 11.1 Å². The van der Waals surface area contributed by atoms with Crippen LogP contribution in [-0.2, 0) is 6.42 Å². The van der Waals surface area contributed by atoms with E-state index in [1.807, 2.05) is 65.8 Å². The molecule has 6 nitrogen and oxygen atoms in total.